The maximum absolute atomic E-state index is 12.6. The number of rotatable bonds is 5. The van der Waals surface area contributed by atoms with E-state index < -0.39 is 0 Å². The third-order valence-electron chi connectivity index (χ3n) is 4.25. The Morgan fingerprint density at radius 3 is 2.79 bits per heavy atom. The van der Waals surface area contributed by atoms with E-state index in [2.05, 4.69) is 0 Å². The number of ether oxygens (including phenoxy) is 1. The Morgan fingerprint density at radius 1 is 1.25 bits per heavy atom. The van der Waals surface area contributed by atoms with Crippen LogP contribution in [0.2, 0.25) is 5.02 Å². The molecular formula is C19H20ClNO3. The summed E-state index contributed by atoms with van der Waals surface area (Å²) in [6, 6.07) is 14.6. The zero-order valence-electron chi connectivity index (χ0n) is 13.3. The number of amides is 1. The van der Waals surface area contributed by atoms with Crippen LogP contribution in [-0.2, 0) is 6.61 Å². The molecule has 1 fully saturated rings. The normalized spacial score (nSPS) is 17.1. The summed E-state index contributed by atoms with van der Waals surface area (Å²) in [6.07, 6.45) is 1.79. The molecule has 0 aromatic heterocycles. The van der Waals surface area contributed by atoms with Crippen LogP contribution in [0.1, 0.15) is 28.8 Å². The zero-order chi connectivity index (χ0) is 16.9. The number of aliphatic hydroxyl groups is 1. The van der Waals surface area contributed by atoms with E-state index in [0.29, 0.717) is 29.5 Å². The van der Waals surface area contributed by atoms with Gasteiger partial charge in [-0.1, -0.05) is 29.8 Å². The van der Waals surface area contributed by atoms with Gasteiger partial charge in [-0.25, -0.2) is 0 Å². The number of likely N-dealkylation sites (tertiary alicyclic amines) is 1. The molecule has 5 heteroatoms. The summed E-state index contributed by atoms with van der Waals surface area (Å²) in [7, 11) is 0. The third kappa shape index (κ3) is 3.89. The first-order chi connectivity index (χ1) is 11.7. The fourth-order valence-electron chi connectivity index (χ4n) is 2.92. The van der Waals surface area contributed by atoms with Gasteiger partial charge in [0.2, 0.25) is 0 Å². The van der Waals surface area contributed by atoms with Crippen molar-refractivity contribution in [2.75, 3.05) is 13.2 Å². The van der Waals surface area contributed by atoms with Crippen LogP contribution in [-0.4, -0.2) is 35.1 Å². The van der Waals surface area contributed by atoms with Crippen molar-refractivity contribution in [2.45, 2.75) is 25.5 Å². The van der Waals surface area contributed by atoms with Crippen molar-refractivity contribution < 1.29 is 14.6 Å². The van der Waals surface area contributed by atoms with Gasteiger partial charge in [0.05, 0.1) is 12.6 Å². The van der Waals surface area contributed by atoms with Crippen molar-refractivity contribution in [3.05, 3.63) is 64.7 Å². The smallest absolute Gasteiger partial charge is 0.254 e. The first-order valence-electron chi connectivity index (χ1n) is 8.06. The number of aliphatic hydroxyl groups excluding tert-OH is 1. The molecule has 0 unspecified atom stereocenters. The van der Waals surface area contributed by atoms with Gasteiger partial charge in [0, 0.05) is 17.1 Å². The van der Waals surface area contributed by atoms with E-state index in [9.17, 15) is 9.90 Å². The molecule has 0 bridgehead atoms. The molecule has 2 aromatic carbocycles. The first-order valence-corrected chi connectivity index (χ1v) is 8.44. The monoisotopic (exact) mass is 345 g/mol. The Hall–Kier alpha value is -2.04. The molecule has 3 rings (SSSR count). The molecule has 1 heterocycles. The lowest BCUT2D eigenvalue weighted by molar-refractivity contribution is 0.0677. The molecule has 4 nitrogen and oxygen atoms in total. The molecule has 0 spiro atoms. The minimum Gasteiger partial charge on any atom is -0.489 e. The van der Waals surface area contributed by atoms with Gasteiger partial charge >= 0.3 is 0 Å². The average molecular weight is 346 g/mol. The lowest BCUT2D eigenvalue weighted by Crippen LogP contribution is -2.37. The molecule has 0 radical (unpaired) electrons. The van der Waals surface area contributed by atoms with Crippen molar-refractivity contribution in [3.8, 4) is 5.75 Å². The Bertz CT molecular complexity index is 702. The quantitative estimate of drug-likeness (QED) is 0.902. The fraction of sp³-hybridized carbons (Fsp3) is 0.316. The Balaban J connectivity index is 1.67. The van der Waals surface area contributed by atoms with E-state index in [4.69, 9.17) is 16.3 Å². The van der Waals surface area contributed by atoms with E-state index in [-0.39, 0.29) is 18.6 Å². The number of carbonyl (C=O) groups is 1. The van der Waals surface area contributed by atoms with Crippen molar-refractivity contribution in [2.24, 2.45) is 0 Å². The van der Waals surface area contributed by atoms with Crippen LogP contribution in [0.4, 0.5) is 0 Å². The minimum absolute atomic E-state index is 0.0124. The highest BCUT2D eigenvalue weighted by Gasteiger charge is 2.28. The van der Waals surface area contributed by atoms with E-state index >= 15 is 0 Å². The zero-order valence-corrected chi connectivity index (χ0v) is 14.1. The highest BCUT2D eigenvalue weighted by atomic mass is 35.5. The van der Waals surface area contributed by atoms with Crippen LogP contribution >= 0.6 is 11.6 Å². The van der Waals surface area contributed by atoms with Crippen LogP contribution in [0, 0.1) is 0 Å². The van der Waals surface area contributed by atoms with Crippen LogP contribution in [0.5, 0.6) is 5.75 Å². The van der Waals surface area contributed by atoms with Gasteiger partial charge in [-0.15, -0.1) is 0 Å². The van der Waals surface area contributed by atoms with Gasteiger partial charge in [0.15, 0.2) is 0 Å². The maximum atomic E-state index is 12.6. The van der Waals surface area contributed by atoms with Crippen molar-refractivity contribution >= 4 is 17.5 Å². The van der Waals surface area contributed by atoms with E-state index in [1.165, 1.54) is 0 Å². The summed E-state index contributed by atoms with van der Waals surface area (Å²) < 4.78 is 5.78. The molecule has 126 valence electrons. The highest BCUT2D eigenvalue weighted by Crippen LogP contribution is 2.22. The van der Waals surface area contributed by atoms with E-state index in [0.717, 1.165) is 18.4 Å². The minimum atomic E-state index is -0.0730. The maximum Gasteiger partial charge on any atom is 0.254 e. The van der Waals surface area contributed by atoms with Crippen molar-refractivity contribution in [3.63, 3.8) is 0 Å². The summed E-state index contributed by atoms with van der Waals surface area (Å²) in [5.74, 6) is 0.596. The largest absolute Gasteiger partial charge is 0.489 e. The highest BCUT2D eigenvalue weighted by molar-refractivity contribution is 6.30. The van der Waals surface area contributed by atoms with Gasteiger partial charge in [0.25, 0.3) is 5.91 Å². The fourth-order valence-corrected chi connectivity index (χ4v) is 3.05. The van der Waals surface area contributed by atoms with Gasteiger partial charge in [0.1, 0.15) is 12.4 Å². The molecule has 2 aromatic rings. The van der Waals surface area contributed by atoms with Gasteiger partial charge in [-0.05, 0) is 48.7 Å². The Kier molecular flexibility index (Phi) is 5.38. The predicted molar refractivity (Wildman–Crippen MR) is 93.4 cm³/mol. The lowest BCUT2D eigenvalue weighted by atomic mass is 10.1. The molecular weight excluding hydrogens is 326 g/mol. The lowest BCUT2D eigenvalue weighted by Gasteiger charge is -2.23. The number of benzene rings is 2. The van der Waals surface area contributed by atoms with E-state index in [1.54, 1.807) is 17.0 Å². The van der Waals surface area contributed by atoms with Gasteiger partial charge < -0.3 is 14.7 Å². The second kappa shape index (κ2) is 7.69. The van der Waals surface area contributed by atoms with Crippen LogP contribution in [0.15, 0.2) is 48.5 Å². The van der Waals surface area contributed by atoms with E-state index in [1.807, 2.05) is 36.4 Å². The molecule has 1 atom stereocenters. The third-order valence-corrected chi connectivity index (χ3v) is 4.50. The summed E-state index contributed by atoms with van der Waals surface area (Å²) in [5, 5.41) is 10.1. The number of hydrogen-bond donors (Lipinski definition) is 1. The molecule has 1 N–H and O–H groups in total. The SMILES string of the molecule is O=C(c1cccc(OCc2ccc(Cl)cc2)c1)N1CCC[C@@H]1CO. The number of nitrogens with zero attached hydrogens (tertiary/aromatic N) is 1. The molecule has 1 aliphatic rings. The summed E-state index contributed by atoms with van der Waals surface area (Å²) in [4.78, 5) is 14.4. The van der Waals surface area contributed by atoms with Crippen molar-refractivity contribution in [1.29, 1.82) is 0 Å². The first kappa shape index (κ1) is 16.8. The Labute approximate surface area is 146 Å². The summed E-state index contributed by atoms with van der Waals surface area (Å²) >= 11 is 5.87. The molecule has 1 amide bonds. The second-order valence-corrected chi connectivity index (χ2v) is 6.36. The second-order valence-electron chi connectivity index (χ2n) is 5.92. The predicted octanol–water partition coefficient (Wildman–Crippen LogP) is 3.52. The summed E-state index contributed by atoms with van der Waals surface area (Å²) in [5.41, 5.74) is 1.60. The van der Waals surface area contributed by atoms with Crippen LogP contribution in [0.25, 0.3) is 0 Å². The average Bonchev–Trinajstić information content (AvgIpc) is 3.09. The van der Waals surface area contributed by atoms with Crippen LogP contribution < -0.4 is 4.74 Å². The van der Waals surface area contributed by atoms with Gasteiger partial charge in [-0.3, -0.25) is 4.79 Å². The number of carbonyl (C=O) groups excluding carboxylic acids is 1. The molecule has 1 saturated heterocycles. The number of halogens is 1. The molecule has 0 saturated carbocycles. The molecule has 0 aliphatic carbocycles. The van der Waals surface area contributed by atoms with Gasteiger partial charge in [-0.2, -0.15) is 0 Å². The summed E-state index contributed by atoms with van der Waals surface area (Å²) in [6.45, 7) is 1.12. The molecule has 1 aliphatic heterocycles. The van der Waals surface area contributed by atoms with Crippen molar-refractivity contribution in [1.82, 2.24) is 4.90 Å². The standard InChI is InChI=1S/C19H20ClNO3/c20-16-8-6-14(7-9-16)13-24-18-5-1-3-15(11-18)19(23)21-10-2-4-17(21)12-22/h1,3,5-9,11,17,22H,2,4,10,12-13H2/t17-/m1/s1. The number of hydrogen-bond acceptors (Lipinski definition) is 3. The molecule has 24 heavy (non-hydrogen) atoms. The van der Waals surface area contributed by atoms with Crippen LogP contribution in [0.3, 0.4) is 0 Å². The Morgan fingerprint density at radius 2 is 2.04 bits per heavy atom. The topological polar surface area (TPSA) is 49.8 Å².